The number of carbonyl (C=O) groups excluding carboxylic acids is 1. The van der Waals surface area contributed by atoms with Gasteiger partial charge in [0.25, 0.3) is 0 Å². The predicted octanol–water partition coefficient (Wildman–Crippen LogP) is 3.52. The zero-order chi connectivity index (χ0) is 17.8. The molecule has 0 saturated heterocycles. The van der Waals surface area contributed by atoms with Crippen molar-refractivity contribution in [2.75, 3.05) is 5.32 Å². The number of benzene rings is 1. The minimum Gasteiger partial charge on any atom is -0.459 e. The Balaban J connectivity index is 1.54. The Kier molecular flexibility index (Phi) is 5.14. The van der Waals surface area contributed by atoms with E-state index in [0.717, 1.165) is 33.5 Å². The first-order chi connectivity index (χ1) is 12.0. The number of hydrogen-bond acceptors (Lipinski definition) is 6. The Labute approximate surface area is 150 Å². The van der Waals surface area contributed by atoms with Crippen molar-refractivity contribution in [3.8, 4) is 0 Å². The number of aryl methyl sites for hydroxylation is 2. The Morgan fingerprint density at radius 2 is 2.04 bits per heavy atom. The fraction of sp³-hybridized carbons (Fsp3) is 0.278. The number of carbonyl (C=O) groups is 1. The number of thiazole rings is 1. The normalized spacial score (nSPS) is 10.7. The molecule has 1 aromatic carbocycles. The summed E-state index contributed by atoms with van der Waals surface area (Å²) in [6.07, 6.45) is 0.227. The lowest BCUT2D eigenvalue weighted by molar-refractivity contribution is -0.144. The fourth-order valence-electron chi connectivity index (χ4n) is 2.50. The van der Waals surface area contributed by atoms with Crippen LogP contribution in [0.15, 0.2) is 35.7 Å². The third-order valence-corrected chi connectivity index (χ3v) is 4.74. The zero-order valence-electron chi connectivity index (χ0n) is 14.4. The van der Waals surface area contributed by atoms with Crippen molar-refractivity contribution in [3.63, 3.8) is 0 Å². The van der Waals surface area contributed by atoms with Gasteiger partial charge in [0.15, 0.2) is 5.13 Å². The summed E-state index contributed by atoms with van der Waals surface area (Å²) in [7, 11) is 1.87. The highest BCUT2D eigenvalue weighted by atomic mass is 32.1. The van der Waals surface area contributed by atoms with Gasteiger partial charge < -0.3 is 10.1 Å². The van der Waals surface area contributed by atoms with Crippen LogP contribution >= 0.6 is 11.3 Å². The van der Waals surface area contributed by atoms with Gasteiger partial charge in [0, 0.05) is 29.4 Å². The van der Waals surface area contributed by atoms with Crippen LogP contribution in [0.3, 0.4) is 0 Å². The Hall–Kier alpha value is -2.67. The highest BCUT2D eigenvalue weighted by molar-refractivity contribution is 7.13. The molecule has 0 aliphatic rings. The quantitative estimate of drug-likeness (QED) is 0.684. The molecule has 25 heavy (non-hydrogen) atoms. The molecule has 0 unspecified atom stereocenters. The van der Waals surface area contributed by atoms with Crippen LogP contribution in [0.1, 0.15) is 22.6 Å². The summed E-state index contributed by atoms with van der Waals surface area (Å²) in [5.74, 6) is -0.273. The molecule has 0 aliphatic carbocycles. The van der Waals surface area contributed by atoms with E-state index in [1.165, 1.54) is 11.3 Å². The molecule has 1 N–H and O–H groups in total. The first-order valence-corrected chi connectivity index (χ1v) is 8.82. The summed E-state index contributed by atoms with van der Waals surface area (Å²) in [5, 5.41) is 10.2. The average Bonchev–Trinajstić information content (AvgIpc) is 3.14. The molecule has 3 aromatic rings. The molecule has 2 heterocycles. The molecule has 0 spiro atoms. The molecular weight excluding hydrogens is 336 g/mol. The van der Waals surface area contributed by atoms with E-state index in [2.05, 4.69) is 15.4 Å². The van der Waals surface area contributed by atoms with Crippen LogP contribution in [-0.4, -0.2) is 20.7 Å². The topological polar surface area (TPSA) is 69.0 Å². The van der Waals surface area contributed by atoms with Crippen LogP contribution < -0.4 is 5.32 Å². The van der Waals surface area contributed by atoms with Crippen molar-refractivity contribution < 1.29 is 9.53 Å². The number of aromatic nitrogens is 3. The summed E-state index contributed by atoms with van der Waals surface area (Å²) >= 11 is 1.48. The van der Waals surface area contributed by atoms with Crippen LogP contribution in [0.25, 0.3) is 0 Å². The summed E-state index contributed by atoms with van der Waals surface area (Å²) in [4.78, 5) is 16.5. The number of nitrogens with zero attached hydrogens (tertiary/aromatic N) is 3. The van der Waals surface area contributed by atoms with Gasteiger partial charge >= 0.3 is 5.97 Å². The van der Waals surface area contributed by atoms with Crippen molar-refractivity contribution in [3.05, 3.63) is 58.4 Å². The third-order valence-electron chi connectivity index (χ3n) is 3.94. The largest absolute Gasteiger partial charge is 0.459 e. The molecule has 0 atom stereocenters. The number of nitrogens with one attached hydrogen (secondary N) is 1. The molecule has 6 nitrogen and oxygen atoms in total. The fourth-order valence-corrected chi connectivity index (χ4v) is 3.21. The number of para-hydroxylation sites is 1. The maximum atomic E-state index is 12.1. The van der Waals surface area contributed by atoms with Crippen LogP contribution in [0.2, 0.25) is 0 Å². The monoisotopic (exact) mass is 356 g/mol. The van der Waals surface area contributed by atoms with Gasteiger partial charge in [-0.1, -0.05) is 18.2 Å². The smallest absolute Gasteiger partial charge is 0.310 e. The molecule has 0 aliphatic heterocycles. The zero-order valence-corrected chi connectivity index (χ0v) is 15.3. The lowest BCUT2D eigenvalue weighted by Gasteiger charge is -2.04. The molecule has 7 heteroatoms. The van der Waals surface area contributed by atoms with E-state index < -0.39 is 0 Å². The van der Waals surface area contributed by atoms with Gasteiger partial charge in [-0.2, -0.15) is 5.10 Å². The molecule has 2 aromatic heterocycles. The highest BCUT2D eigenvalue weighted by Gasteiger charge is 2.15. The maximum Gasteiger partial charge on any atom is 0.310 e. The van der Waals surface area contributed by atoms with E-state index in [1.807, 2.05) is 56.6 Å². The number of ether oxygens (including phenoxy) is 1. The molecule has 0 saturated carbocycles. The van der Waals surface area contributed by atoms with Gasteiger partial charge in [0.1, 0.15) is 6.61 Å². The lowest BCUT2D eigenvalue weighted by Crippen LogP contribution is -2.09. The van der Waals surface area contributed by atoms with Gasteiger partial charge in [0.2, 0.25) is 0 Å². The van der Waals surface area contributed by atoms with Crippen LogP contribution in [-0.2, 0) is 29.6 Å². The van der Waals surface area contributed by atoms with Gasteiger partial charge in [-0.05, 0) is 26.0 Å². The Morgan fingerprint density at radius 3 is 2.72 bits per heavy atom. The van der Waals surface area contributed by atoms with E-state index in [9.17, 15) is 4.79 Å². The first-order valence-electron chi connectivity index (χ1n) is 7.94. The van der Waals surface area contributed by atoms with Gasteiger partial charge in [-0.15, -0.1) is 11.3 Å². The van der Waals surface area contributed by atoms with Crippen molar-refractivity contribution in [1.82, 2.24) is 14.8 Å². The van der Waals surface area contributed by atoms with Gasteiger partial charge in [-0.3, -0.25) is 9.48 Å². The second-order valence-corrected chi connectivity index (χ2v) is 6.60. The first kappa shape index (κ1) is 17.2. The third kappa shape index (κ3) is 4.24. The molecule has 130 valence electrons. The summed E-state index contributed by atoms with van der Waals surface area (Å²) < 4.78 is 7.13. The van der Waals surface area contributed by atoms with Crippen molar-refractivity contribution in [2.45, 2.75) is 26.9 Å². The average molecular weight is 356 g/mol. The predicted molar refractivity (Wildman–Crippen MR) is 98.0 cm³/mol. The van der Waals surface area contributed by atoms with Crippen molar-refractivity contribution >= 4 is 28.1 Å². The van der Waals surface area contributed by atoms with E-state index in [0.29, 0.717) is 0 Å². The Bertz CT molecular complexity index is 871. The van der Waals surface area contributed by atoms with Crippen molar-refractivity contribution in [1.29, 1.82) is 0 Å². The summed E-state index contributed by atoms with van der Waals surface area (Å²) in [5.41, 5.74) is 4.48. The van der Waals surface area contributed by atoms with Crippen LogP contribution in [0, 0.1) is 13.8 Å². The van der Waals surface area contributed by atoms with E-state index >= 15 is 0 Å². The minimum absolute atomic E-state index is 0.171. The summed E-state index contributed by atoms with van der Waals surface area (Å²) in [6.45, 7) is 4.02. The molecule has 0 amide bonds. The second kappa shape index (κ2) is 7.48. The second-order valence-electron chi connectivity index (χ2n) is 5.75. The highest BCUT2D eigenvalue weighted by Crippen LogP contribution is 2.21. The van der Waals surface area contributed by atoms with E-state index in [1.54, 1.807) is 4.68 Å². The number of esters is 1. The SMILES string of the molecule is Cc1nn(C)c(C)c1CC(=O)OCc1csc(Nc2ccccc2)n1. The summed E-state index contributed by atoms with van der Waals surface area (Å²) in [6, 6.07) is 9.82. The van der Waals surface area contributed by atoms with Crippen molar-refractivity contribution in [2.24, 2.45) is 7.05 Å². The van der Waals surface area contributed by atoms with Gasteiger partial charge in [0.05, 0.1) is 17.8 Å². The lowest BCUT2D eigenvalue weighted by atomic mass is 10.1. The minimum atomic E-state index is -0.273. The molecule has 0 bridgehead atoms. The molecule has 3 rings (SSSR count). The Morgan fingerprint density at radius 1 is 1.28 bits per heavy atom. The van der Waals surface area contributed by atoms with Gasteiger partial charge in [-0.25, -0.2) is 4.98 Å². The van der Waals surface area contributed by atoms with Crippen LogP contribution in [0.4, 0.5) is 10.8 Å². The molecular formula is C18H20N4O2S. The number of anilines is 2. The number of rotatable bonds is 6. The molecule has 0 radical (unpaired) electrons. The van der Waals surface area contributed by atoms with E-state index in [-0.39, 0.29) is 19.0 Å². The molecule has 0 fully saturated rings. The van der Waals surface area contributed by atoms with Crippen LogP contribution in [0.5, 0.6) is 0 Å². The standard InChI is InChI=1S/C18H20N4O2S/c1-12-16(13(2)22(3)21-12)9-17(23)24-10-15-11-25-18(20-15)19-14-7-5-4-6-8-14/h4-8,11H,9-10H2,1-3H3,(H,19,20). The number of hydrogen-bond donors (Lipinski definition) is 1. The van der Waals surface area contributed by atoms with E-state index in [4.69, 9.17) is 4.74 Å². The maximum absolute atomic E-state index is 12.1.